The van der Waals surface area contributed by atoms with E-state index in [9.17, 15) is 0 Å². The number of nitrogens with two attached hydrogens (primary N) is 2. The van der Waals surface area contributed by atoms with Crippen LogP contribution in [-0.4, -0.2) is 303 Å². The van der Waals surface area contributed by atoms with E-state index in [4.69, 9.17) is 42.4 Å². The van der Waals surface area contributed by atoms with Crippen molar-refractivity contribution in [1.82, 2.24) is 97.7 Å². The lowest BCUT2D eigenvalue weighted by Gasteiger charge is -2.35. The Balaban J connectivity index is 0.000000181. The molecule has 7 aliphatic rings. The molecule has 0 amide bonds. The third-order valence-corrected chi connectivity index (χ3v) is 18.4. The maximum atomic E-state index is 5.66. The molecular formula is C83H131N35O7. The fraction of sp³-hybridized carbons (Fsp3) is 0.494. The van der Waals surface area contributed by atoms with Crippen LogP contribution in [-0.2, 0) is 44.9 Å². The molecule has 680 valence electrons. The minimum Gasteiger partial charge on any atom is -0.469 e. The van der Waals surface area contributed by atoms with E-state index in [2.05, 4.69) is 143 Å². The van der Waals surface area contributed by atoms with E-state index in [0.29, 0.717) is 37.5 Å². The summed E-state index contributed by atoms with van der Waals surface area (Å²) in [6.45, 7) is 19.1. The van der Waals surface area contributed by atoms with Gasteiger partial charge < -0.3 is 103 Å². The van der Waals surface area contributed by atoms with Crippen molar-refractivity contribution in [2.75, 3.05) is 137 Å². The van der Waals surface area contributed by atoms with Gasteiger partial charge in [0.15, 0.2) is 41.7 Å². The molecule has 0 aromatic carbocycles. The summed E-state index contributed by atoms with van der Waals surface area (Å²) in [6.07, 6.45) is 17.5. The van der Waals surface area contributed by atoms with Gasteiger partial charge in [0.1, 0.15) is 77.3 Å². The Labute approximate surface area is 733 Å². The molecule has 42 heteroatoms. The Morgan fingerprint density at radius 2 is 0.624 bits per heavy atom. The summed E-state index contributed by atoms with van der Waals surface area (Å²) in [5.41, 5.74) is 11.2. The molecule has 14 heterocycles. The first kappa shape index (κ1) is 96.6. The van der Waals surface area contributed by atoms with E-state index in [1.54, 1.807) is 57.9 Å². The molecule has 7 atom stereocenters. The largest absolute Gasteiger partial charge is 0.469 e. The standard InChI is InChI=1S/C14H23N5O.C13H21N5O.2C12H19N5O.2C11H17N5O.C10H15N5O/c1-11-15-13(17(2)3)19(5)14(16-11)18(4)9-8-12-7-6-10-20-12;1-10-14-12(17(2)3)16-13(15-10)18(4)8-7-11-6-5-9-19-11;1-9-14-11(16-12(15-9)17(2)3)13-7-6-10-5-4-8-18-10;1-9-14-11(13-2)16-12(15-9)17(3)7-6-10-5-4-8-18-10;1-8-13-10(12)15-11(14-8)16(2)6-5-9-4-3-7-17-9;1-8-14-10(12-2)16-11(15-8)13-6-5-9-4-3-7-17-9;1-7-13-9(11)15-10(14-7)12-5-4-8-3-2-6-16-8/h6-7,10-11H,8-9H2,1-5H3;5-6,9-10H,7-8H2,1-4H3,(H,14,15,16);2*4-5,8-9H,6-7H2,1-3H3,(H2,13,14,15,16);3-4,7-8H,5-6H2,1-2H3,(H3,12,13,14,15);3-4,7-8H,5-6H2,1-2H3,(H3,12,13,14,15,16);2-3,6-7H,4-5H2,1H3,(H4,11,12,13,14,15). The van der Waals surface area contributed by atoms with Crippen LogP contribution >= 0.6 is 0 Å². The Bertz CT molecular complexity index is 4710. The summed E-state index contributed by atoms with van der Waals surface area (Å²) in [5, 5.41) is 34.1. The van der Waals surface area contributed by atoms with E-state index >= 15 is 0 Å². The van der Waals surface area contributed by atoms with Crippen LogP contribution in [0.1, 0.15) is 88.8 Å². The highest BCUT2D eigenvalue weighted by Gasteiger charge is 2.26. The van der Waals surface area contributed by atoms with Crippen molar-refractivity contribution in [3.63, 3.8) is 0 Å². The van der Waals surface area contributed by atoms with Gasteiger partial charge in [-0.1, -0.05) is 0 Å². The zero-order chi connectivity index (χ0) is 90.2. The number of furan rings is 7. The van der Waals surface area contributed by atoms with Crippen molar-refractivity contribution in [3.8, 4) is 0 Å². The van der Waals surface area contributed by atoms with Crippen LogP contribution in [0, 0.1) is 0 Å². The van der Waals surface area contributed by atoms with Crippen molar-refractivity contribution in [1.29, 1.82) is 0 Å². The lowest BCUT2D eigenvalue weighted by atomic mass is 10.3. The van der Waals surface area contributed by atoms with E-state index in [0.717, 1.165) is 177 Å². The third kappa shape index (κ3) is 34.5. The van der Waals surface area contributed by atoms with Gasteiger partial charge in [0.2, 0.25) is 41.7 Å². The quantitative estimate of drug-likeness (QED) is 0.0478. The zero-order valence-electron chi connectivity index (χ0n) is 75.9. The molecule has 0 saturated carbocycles. The molecular weight excluding hydrogens is 1600 g/mol. The molecule has 1 saturated heterocycles. The third-order valence-electron chi connectivity index (χ3n) is 18.4. The lowest BCUT2D eigenvalue weighted by Crippen LogP contribution is -2.61. The number of hydrogen-bond donors (Lipinski definition) is 13. The van der Waals surface area contributed by atoms with Gasteiger partial charge in [-0.25, -0.2) is 44.9 Å². The van der Waals surface area contributed by atoms with Crippen LogP contribution in [0.15, 0.2) is 230 Å². The molecule has 7 aliphatic heterocycles. The number of nitrogens with zero attached hydrogens (tertiary/aromatic N) is 22. The first-order valence-corrected chi connectivity index (χ1v) is 41.5. The highest BCUT2D eigenvalue weighted by molar-refractivity contribution is 6.04. The minimum atomic E-state index is -0.127. The van der Waals surface area contributed by atoms with Gasteiger partial charge in [-0.05, 0) is 133 Å². The number of rotatable bonds is 21. The van der Waals surface area contributed by atoms with Crippen molar-refractivity contribution in [2.45, 2.75) is 137 Å². The maximum absolute atomic E-state index is 5.66. The number of guanidine groups is 14. The van der Waals surface area contributed by atoms with E-state index < -0.39 is 0 Å². The lowest BCUT2D eigenvalue weighted by molar-refractivity contribution is 0.397. The van der Waals surface area contributed by atoms with Gasteiger partial charge in [0, 0.05) is 182 Å². The molecule has 0 spiro atoms. The average molecular weight is 1730 g/mol. The summed E-state index contributed by atoms with van der Waals surface area (Å²) < 4.78 is 37.0. The van der Waals surface area contributed by atoms with Crippen LogP contribution in [0.3, 0.4) is 0 Å². The average Bonchev–Trinajstić information content (AvgIpc) is 1.73. The van der Waals surface area contributed by atoms with Gasteiger partial charge in [0.05, 0.1) is 50.0 Å². The number of aliphatic imine (C=N–C) groups is 14. The summed E-state index contributed by atoms with van der Waals surface area (Å²) in [6, 6.07) is 27.0. The summed E-state index contributed by atoms with van der Waals surface area (Å²) in [4.78, 5) is 77.1. The van der Waals surface area contributed by atoms with Gasteiger partial charge in [-0.15, -0.1) is 0 Å². The maximum Gasteiger partial charge on any atom is 0.205 e. The Morgan fingerprint density at radius 1 is 0.320 bits per heavy atom. The fourth-order valence-corrected chi connectivity index (χ4v) is 12.0. The molecule has 0 radical (unpaired) electrons. The summed E-state index contributed by atoms with van der Waals surface area (Å²) in [5.74, 6) is 17.1. The molecule has 42 nitrogen and oxygen atoms in total. The van der Waals surface area contributed by atoms with E-state index in [1.165, 1.54) is 0 Å². The van der Waals surface area contributed by atoms with Crippen LogP contribution < -0.4 is 70.0 Å². The molecule has 125 heavy (non-hydrogen) atoms. The summed E-state index contributed by atoms with van der Waals surface area (Å²) in [7, 11) is 25.3. The molecule has 14 rings (SSSR count). The molecule has 0 bridgehead atoms. The Morgan fingerprint density at radius 3 is 1.02 bits per heavy atom. The first-order chi connectivity index (χ1) is 60.0. The topological polar surface area (TPSA) is 475 Å². The molecule has 7 aromatic heterocycles. The van der Waals surface area contributed by atoms with Crippen LogP contribution in [0.2, 0.25) is 0 Å². The second-order valence-electron chi connectivity index (χ2n) is 29.8. The van der Waals surface area contributed by atoms with Gasteiger partial charge in [0.25, 0.3) is 0 Å². The minimum absolute atomic E-state index is 0.0333. The molecule has 15 N–H and O–H groups in total. The highest BCUT2D eigenvalue weighted by Crippen LogP contribution is 2.14. The normalized spacial score (nSPS) is 20.7. The van der Waals surface area contributed by atoms with Gasteiger partial charge in [-0.3, -0.25) is 61.8 Å². The van der Waals surface area contributed by atoms with Crippen LogP contribution in [0.5, 0.6) is 0 Å². The number of nitrogens with one attached hydrogen (secondary N) is 11. The van der Waals surface area contributed by atoms with E-state index in [1.807, 2.05) is 235 Å². The summed E-state index contributed by atoms with van der Waals surface area (Å²) >= 11 is 0. The van der Waals surface area contributed by atoms with E-state index in [-0.39, 0.29) is 43.2 Å². The first-order valence-electron chi connectivity index (χ1n) is 41.5. The van der Waals surface area contributed by atoms with Gasteiger partial charge in [-0.2, -0.15) is 0 Å². The van der Waals surface area contributed by atoms with Crippen LogP contribution in [0.25, 0.3) is 0 Å². The highest BCUT2D eigenvalue weighted by atomic mass is 16.3. The molecule has 1 fully saturated rings. The van der Waals surface area contributed by atoms with Crippen molar-refractivity contribution in [3.05, 3.63) is 169 Å². The molecule has 0 aliphatic carbocycles. The Hall–Kier alpha value is -13.9. The Kier molecular flexibility index (Phi) is 39.0. The fourth-order valence-electron chi connectivity index (χ4n) is 12.0. The van der Waals surface area contributed by atoms with Crippen LogP contribution in [0.4, 0.5) is 0 Å². The van der Waals surface area contributed by atoms with Gasteiger partial charge >= 0.3 is 0 Å². The number of likely N-dealkylation sites (N-methyl/N-ethyl adjacent to an activating group) is 4. The van der Waals surface area contributed by atoms with Crippen molar-refractivity contribution in [2.24, 2.45) is 81.4 Å². The van der Waals surface area contributed by atoms with Crippen molar-refractivity contribution < 1.29 is 30.9 Å². The predicted molar refractivity (Wildman–Crippen MR) is 496 cm³/mol. The smallest absolute Gasteiger partial charge is 0.205 e. The van der Waals surface area contributed by atoms with Crippen molar-refractivity contribution >= 4 is 83.4 Å². The number of hydrogen-bond acceptors (Lipinski definition) is 33. The molecule has 7 aromatic rings. The second kappa shape index (κ2) is 50.5. The predicted octanol–water partition coefficient (Wildman–Crippen LogP) is 4.26. The zero-order valence-corrected chi connectivity index (χ0v) is 75.9. The molecule has 7 unspecified atom stereocenters. The monoisotopic (exact) mass is 1730 g/mol. The SMILES string of the molecule is CC1N=C(N(C)C)N(C)C(N(C)CCc2ccco2)=N1.CC1N=C(N(C)C)NC(=NCCc2ccco2)N1.CC1N=C(N(C)C)NC(N(C)CCc2ccco2)=N1.CC1N=C(N)NC(=NCCc2ccco2)N1.CC1N=C(N)NC(N(C)CCc2ccco2)=N1.CN=C1NC(=NCCc2ccco2)NC(C)N1.CN=C1NC(N(C)CCc2ccco2)=NC(C)N1. The second-order valence-corrected chi connectivity index (χ2v) is 29.8.